The molecule has 1 N–H and O–H groups in total. The zero-order chi connectivity index (χ0) is 14.1. The molecule has 0 radical (unpaired) electrons. The maximum atomic E-state index is 11.7. The Balaban J connectivity index is 2.26. The van der Waals surface area contributed by atoms with Crippen molar-refractivity contribution in [2.45, 2.75) is 50.6 Å². The lowest BCUT2D eigenvalue weighted by Gasteiger charge is -2.13. The van der Waals surface area contributed by atoms with Crippen LogP contribution in [0.5, 0.6) is 0 Å². The summed E-state index contributed by atoms with van der Waals surface area (Å²) in [7, 11) is 0. The SMILES string of the molecule is CCCCCC(C)NC(=O)CSc1cccc[n+]1[O-]. The van der Waals surface area contributed by atoms with Crippen LogP contribution < -0.4 is 10.0 Å². The molecular formula is C14H22N2O2S. The third kappa shape index (κ3) is 6.47. The molecule has 0 bridgehead atoms. The molecule has 1 aromatic rings. The van der Waals surface area contributed by atoms with E-state index in [1.807, 2.05) is 6.92 Å². The largest absolute Gasteiger partial charge is 0.618 e. The van der Waals surface area contributed by atoms with Crippen molar-refractivity contribution >= 4 is 17.7 Å². The van der Waals surface area contributed by atoms with Gasteiger partial charge in [0.1, 0.15) is 0 Å². The number of nitrogens with zero attached hydrogens (tertiary/aromatic N) is 1. The summed E-state index contributed by atoms with van der Waals surface area (Å²) in [5.74, 6) is 0.266. The predicted molar refractivity (Wildman–Crippen MR) is 77.9 cm³/mol. The van der Waals surface area contributed by atoms with Gasteiger partial charge in [-0.25, -0.2) is 0 Å². The number of amides is 1. The summed E-state index contributed by atoms with van der Waals surface area (Å²) in [4.78, 5) is 11.7. The van der Waals surface area contributed by atoms with Gasteiger partial charge in [0, 0.05) is 18.2 Å². The molecule has 4 nitrogen and oxygen atoms in total. The first-order chi connectivity index (χ1) is 9.13. The highest BCUT2D eigenvalue weighted by Crippen LogP contribution is 2.12. The second-order valence-corrected chi connectivity index (χ2v) is 5.61. The van der Waals surface area contributed by atoms with Crippen molar-refractivity contribution in [2.75, 3.05) is 5.75 Å². The highest BCUT2D eigenvalue weighted by molar-refractivity contribution is 7.99. The van der Waals surface area contributed by atoms with Crippen molar-refractivity contribution in [3.05, 3.63) is 29.6 Å². The molecule has 1 atom stereocenters. The van der Waals surface area contributed by atoms with Crippen molar-refractivity contribution in [3.63, 3.8) is 0 Å². The lowest BCUT2D eigenvalue weighted by molar-refractivity contribution is -0.645. The van der Waals surface area contributed by atoms with Gasteiger partial charge in [-0.1, -0.05) is 26.2 Å². The van der Waals surface area contributed by atoms with Gasteiger partial charge in [-0.05, 0) is 31.2 Å². The fraction of sp³-hybridized carbons (Fsp3) is 0.571. The number of carbonyl (C=O) groups is 1. The molecule has 0 aliphatic heterocycles. The van der Waals surface area contributed by atoms with E-state index in [1.54, 1.807) is 18.2 Å². The molecule has 1 unspecified atom stereocenters. The average molecular weight is 282 g/mol. The van der Waals surface area contributed by atoms with Crippen molar-refractivity contribution in [1.29, 1.82) is 0 Å². The maximum Gasteiger partial charge on any atom is 0.251 e. The van der Waals surface area contributed by atoms with E-state index < -0.39 is 0 Å². The summed E-state index contributed by atoms with van der Waals surface area (Å²) < 4.78 is 0.780. The Labute approximate surface area is 119 Å². The highest BCUT2D eigenvalue weighted by Gasteiger charge is 2.11. The van der Waals surface area contributed by atoms with E-state index in [4.69, 9.17) is 0 Å². The predicted octanol–water partition coefficient (Wildman–Crippen LogP) is 2.50. The number of rotatable bonds is 8. The van der Waals surface area contributed by atoms with Gasteiger partial charge in [0.05, 0.1) is 5.75 Å². The van der Waals surface area contributed by atoms with Crippen LogP contribution >= 0.6 is 11.8 Å². The van der Waals surface area contributed by atoms with Gasteiger partial charge in [-0.15, -0.1) is 0 Å². The van der Waals surface area contributed by atoms with Crippen LogP contribution in [0, 0.1) is 5.21 Å². The van der Waals surface area contributed by atoms with Crippen molar-refractivity contribution in [2.24, 2.45) is 0 Å². The molecule has 5 heteroatoms. The van der Waals surface area contributed by atoms with E-state index in [-0.39, 0.29) is 17.7 Å². The minimum atomic E-state index is -0.0159. The molecule has 1 heterocycles. The number of hydrogen-bond donors (Lipinski definition) is 1. The van der Waals surface area contributed by atoms with Gasteiger partial charge in [-0.2, -0.15) is 4.73 Å². The number of aromatic nitrogens is 1. The Morgan fingerprint density at radius 3 is 2.95 bits per heavy atom. The van der Waals surface area contributed by atoms with E-state index in [0.717, 1.165) is 17.6 Å². The first kappa shape index (κ1) is 15.8. The second-order valence-electron chi connectivity index (χ2n) is 4.62. The molecule has 1 aromatic heterocycles. The summed E-state index contributed by atoms with van der Waals surface area (Å²) in [6.45, 7) is 4.19. The van der Waals surface area contributed by atoms with Gasteiger partial charge in [0.2, 0.25) is 5.91 Å². The molecule has 0 saturated heterocycles. The zero-order valence-corrected chi connectivity index (χ0v) is 12.4. The smallest absolute Gasteiger partial charge is 0.251 e. The molecule has 1 rings (SSSR count). The monoisotopic (exact) mass is 282 g/mol. The average Bonchev–Trinajstić information content (AvgIpc) is 2.38. The van der Waals surface area contributed by atoms with Crippen LogP contribution in [0.3, 0.4) is 0 Å². The number of pyridine rings is 1. The van der Waals surface area contributed by atoms with Crippen molar-refractivity contribution in [3.8, 4) is 0 Å². The third-order valence-electron chi connectivity index (χ3n) is 2.79. The zero-order valence-electron chi connectivity index (χ0n) is 11.6. The molecular weight excluding hydrogens is 260 g/mol. The molecule has 0 fully saturated rings. The van der Waals surface area contributed by atoms with Crippen LogP contribution in [0.15, 0.2) is 29.4 Å². The quantitative estimate of drug-likeness (QED) is 0.345. The lowest BCUT2D eigenvalue weighted by Crippen LogP contribution is -2.34. The Bertz CT molecular complexity index is 399. The summed E-state index contributed by atoms with van der Waals surface area (Å²) in [5, 5.41) is 14.9. The lowest BCUT2D eigenvalue weighted by atomic mass is 10.1. The summed E-state index contributed by atoms with van der Waals surface area (Å²) in [6.07, 6.45) is 5.98. The van der Waals surface area contributed by atoms with E-state index in [2.05, 4.69) is 12.2 Å². The second kappa shape index (κ2) is 8.80. The standard InChI is InChI=1S/C14H22N2O2S/c1-3-4-5-8-12(2)15-13(17)11-19-14-9-6-7-10-16(14)18/h6-7,9-10,12H,3-5,8,11H2,1-2H3,(H,15,17). The first-order valence-electron chi connectivity index (χ1n) is 6.73. The Kier molecular flexibility index (Phi) is 7.33. The molecule has 0 aliphatic rings. The normalized spacial score (nSPS) is 12.1. The van der Waals surface area contributed by atoms with Crippen LogP contribution in [0.25, 0.3) is 0 Å². The topological polar surface area (TPSA) is 56.0 Å². The number of nitrogens with one attached hydrogen (secondary N) is 1. The van der Waals surface area contributed by atoms with Crippen LogP contribution in [0.4, 0.5) is 0 Å². The van der Waals surface area contributed by atoms with Crippen LogP contribution in [0.1, 0.15) is 39.5 Å². The Hall–Kier alpha value is -1.23. The van der Waals surface area contributed by atoms with Gasteiger partial charge in [-0.3, -0.25) is 4.79 Å². The molecule has 106 valence electrons. The molecule has 19 heavy (non-hydrogen) atoms. The number of unbranched alkanes of at least 4 members (excludes halogenated alkanes) is 2. The van der Waals surface area contributed by atoms with Gasteiger partial charge < -0.3 is 10.5 Å². The molecule has 1 amide bonds. The number of carbonyl (C=O) groups excluding carboxylic acids is 1. The summed E-state index contributed by atoms with van der Waals surface area (Å²) in [5.41, 5.74) is 0. The summed E-state index contributed by atoms with van der Waals surface area (Å²) in [6, 6.07) is 5.39. The van der Waals surface area contributed by atoms with E-state index in [1.165, 1.54) is 30.8 Å². The van der Waals surface area contributed by atoms with Crippen LogP contribution in [0.2, 0.25) is 0 Å². The maximum absolute atomic E-state index is 11.7. The third-order valence-corrected chi connectivity index (χ3v) is 3.81. The molecule has 0 aromatic carbocycles. The molecule has 0 aliphatic carbocycles. The fourth-order valence-corrected chi connectivity index (χ4v) is 2.48. The fourth-order valence-electron chi connectivity index (χ4n) is 1.75. The van der Waals surface area contributed by atoms with E-state index in [9.17, 15) is 10.0 Å². The van der Waals surface area contributed by atoms with Gasteiger partial charge in [0.25, 0.3) is 5.03 Å². The molecule has 0 saturated carbocycles. The minimum Gasteiger partial charge on any atom is -0.618 e. The number of thioether (sulfide) groups is 1. The number of hydrogen-bond acceptors (Lipinski definition) is 3. The van der Waals surface area contributed by atoms with E-state index >= 15 is 0 Å². The van der Waals surface area contributed by atoms with Gasteiger partial charge in [0.15, 0.2) is 6.20 Å². The molecule has 0 spiro atoms. The van der Waals surface area contributed by atoms with Crippen LogP contribution in [-0.2, 0) is 4.79 Å². The Morgan fingerprint density at radius 1 is 1.47 bits per heavy atom. The first-order valence-corrected chi connectivity index (χ1v) is 7.72. The van der Waals surface area contributed by atoms with Crippen LogP contribution in [-0.4, -0.2) is 17.7 Å². The minimum absolute atomic E-state index is 0.0159. The highest BCUT2D eigenvalue weighted by atomic mass is 32.2. The van der Waals surface area contributed by atoms with Crippen molar-refractivity contribution < 1.29 is 9.52 Å². The summed E-state index contributed by atoms with van der Waals surface area (Å²) >= 11 is 1.26. The Morgan fingerprint density at radius 2 is 2.26 bits per heavy atom. The van der Waals surface area contributed by atoms with E-state index in [0.29, 0.717) is 5.03 Å². The van der Waals surface area contributed by atoms with Crippen molar-refractivity contribution in [1.82, 2.24) is 5.32 Å². The van der Waals surface area contributed by atoms with Gasteiger partial charge >= 0.3 is 0 Å².